The quantitative estimate of drug-likeness (QED) is 0.936. The number of benzene rings is 1. The highest BCUT2D eigenvalue weighted by Gasteiger charge is 2.38. The molecule has 0 saturated carbocycles. The highest BCUT2D eigenvalue weighted by molar-refractivity contribution is 5.75. The predicted molar refractivity (Wildman–Crippen MR) is 91.3 cm³/mol. The molecule has 0 amide bonds. The largest absolute Gasteiger partial charge is 0.392 e. The first-order valence-corrected chi connectivity index (χ1v) is 8.76. The Morgan fingerprint density at radius 2 is 2.04 bits per heavy atom. The summed E-state index contributed by atoms with van der Waals surface area (Å²) < 4.78 is 2.33. The molecule has 0 bridgehead atoms. The van der Waals surface area contributed by atoms with Gasteiger partial charge in [-0.2, -0.15) is 0 Å². The number of aryl methyl sites for hydroxylation is 1. The van der Waals surface area contributed by atoms with Gasteiger partial charge in [-0.25, -0.2) is 4.98 Å². The minimum absolute atomic E-state index is 0.146. The minimum Gasteiger partial charge on any atom is -0.392 e. The normalized spacial score (nSPS) is 29.3. The average molecular weight is 314 g/mol. The summed E-state index contributed by atoms with van der Waals surface area (Å²) in [6.45, 7) is 9.25. The van der Waals surface area contributed by atoms with E-state index in [0.29, 0.717) is 12.1 Å². The van der Waals surface area contributed by atoms with Gasteiger partial charge in [0.1, 0.15) is 5.82 Å². The molecule has 1 unspecified atom stereocenters. The lowest BCUT2D eigenvalue weighted by molar-refractivity contribution is 0.0505. The van der Waals surface area contributed by atoms with Gasteiger partial charge in [0.15, 0.2) is 0 Å². The monoisotopic (exact) mass is 314 g/mol. The fourth-order valence-corrected chi connectivity index (χ4v) is 4.28. The van der Waals surface area contributed by atoms with Gasteiger partial charge in [0.25, 0.3) is 0 Å². The number of aromatic nitrogens is 2. The van der Waals surface area contributed by atoms with Crippen LogP contribution in [0.1, 0.15) is 26.1 Å². The predicted octanol–water partition coefficient (Wildman–Crippen LogP) is 1.70. The van der Waals surface area contributed by atoms with Gasteiger partial charge in [0.2, 0.25) is 0 Å². The number of aliphatic hydroxyl groups excluding tert-OH is 1. The van der Waals surface area contributed by atoms with Crippen LogP contribution in [0.25, 0.3) is 11.0 Å². The minimum atomic E-state index is -0.146. The summed E-state index contributed by atoms with van der Waals surface area (Å²) in [7, 11) is 0. The smallest absolute Gasteiger partial charge is 0.124 e. The summed E-state index contributed by atoms with van der Waals surface area (Å²) in [5.41, 5.74) is 2.32. The van der Waals surface area contributed by atoms with E-state index < -0.39 is 0 Å². The molecule has 23 heavy (non-hydrogen) atoms. The van der Waals surface area contributed by atoms with Crippen LogP contribution in [0.5, 0.6) is 0 Å². The molecule has 2 aromatic rings. The van der Waals surface area contributed by atoms with E-state index >= 15 is 0 Å². The number of para-hydroxylation sites is 2. The zero-order valence-corrected chi connectivity index (χ0v) is 14.0. The van der Waals surface area contributed by atoms with Crippen molar-refractivity contribution in [1.82, 2.24) is 19.4 Å². The van der Waals surface area contributed by atoms with Crippen molar-refractivity contribution in [3.05, 3.63) is 30.1 Å². The lowest BCUT2D eigenvalue weighted by Gasteiger charge is -2.41. The lowest BCUT2D eigenvalue weighted by atomic mass is 10.1. The molecule has 124 valence electrons. The third kappa shape index (κ3) is 2.67. The maximum absolute atomic E-state index is 9.92. The Kier molecular flexibility index (Phi) is 3.87. The van der Waals surface area contributed by atoms with Crippen molar-refractivity contribution in [2.24, 2.45) is 0 Å². The van der Waals surface area contributed by atoms with E-state index in [1.807, 2.05) is 0 Å². The van der Waals surface area contributed by atoms with Crippen LogP contribution in [0, 0.1) is 0 Å². The molecule has 3 atom stereocenters. The zero-order chi connectivity index (χ0) is 16.0. The van der Waals surface area contributed by atoms with Crippen LogP contribution in [0.3, 0.4) is 0 Å². The second-order valence-electron chi connectivity index (χ2n) is 7.04. The van der Waals surface area contributed by atoms with Crippen LogP contribution >= 0.6 is 0 Å². The van der Waals surface area contributed by atoms with Crippen molar-refractivity contribution < 1.29 is 5.11 Å². The number of piperazine rings is 1. The van der Waals surface area contributed by atoms with E-state index in [-0.39, 0.29) is 6.10 Å². The molecule has 2 aliphatic rings. The molecule has 2 aliphatic heterocycles. The molecule has 2 saturated heterocycles. The molecule has 1 N–H and O–H groups in total. The second kappa shape index (κ2) is 5.89. The Hall–Kier alpha value is -1.43. The van der Waals surface area contributed by atoms with Crippen LogP contribution in [-0.2, 0) is 13.1 Å². The van der Waals surface area contributed by atoms with E-state index in [2.05, 4.69) is 52.5 Å². The van der Waals surface area contributed by atoms with Gasteiger partial charge >= 0.3 is 0 Å². The first kappa shape index (κ1) is 15.1. The summed E-state index contributed by atoms with van der Waals surface area (Å²) in [6, 6.07) is 9.40. The van der Waals surface area contributed by atoms with Gasteiger partial charge in [-0.05, 0) is 32.4 Å². The number of imidazole rings is 1. The highest BCUT2D eigenvalue weighted by Crippen LogP contribution is 2.26. The summed E-state index contributed by atoms with van der Waals surface area (Å²) in [5, 5.41) is 9.92. The van der Waals surface area contributed by atoms with Crippen LogP contribution in [0.15, 0.2) is 24.3 Å². The maximum atomic E-state index is 9.92. The molecule has 5 heteroatoms. The van der Waals surface area contributed by atoms with Crippen LogP contribution < -0.4 is 0 Å². The van der Waals surface area contributed by atoms with Crippen molar-refractivity contribution >= 4 is 11.0 Å². The molecule has 1 aromatic carbocycles. The molecule has 3 heterocycles. The molecule has 5 nitrogen and oxygen atoms in total. The standard InChI is InChI=1S/C18H26N4O/c1-3-22-17-7-5-4-6-16(17)19-18(22)12-20-10-14-8-15(23)11-21(14)9-13(20)2/h4-7,13-15,23H,3,8-12H2,1-2H3/t13-,14?,15-/m1/s1. The van der Waals surface area contributed by atoms with E-state index in [1.54, 1.807) is 0 Å². The highest BCUT2D eigenvalue weighted by atomic mass is 16.3. The van der Waals surface area contributed by atoms with E-state index in [4.69, 9.17) is 4.98 Å². The summed E-state index contributed by atoms with van der Waals surface area (Å²) in [5.74, 6) is 1.16. The lowest BCUT2D eigenvalue weighted by Crippen LogP contribution is -2.54. The van der Waals surface area contributed by atoms with Crippen molar-refractivity contribution in [3.8, 4) is 0 Å². The molecule has 0 aliphatic carbocycles. The van der Waals surface area contributed by atoms with Gasteiger partial charge < -0.3 is 9.67 Å². The summed E-state index contributed by atoms with van der Waals surface area (Å²) in [4.78, 5) is 9.86. The number of nitrogens with zero attached hydrogens (tertiary/aromatic N) is 4. The SMILES string of the molecule is CCn1c(CN2CC3C[C@@H](O)CN3C[C@H]2C)nc2ccccc21. The third-order valence-electron chi connectivity index (χ3n) is 5.47. The van der Waals surface area contributed by atoms with E-state index in [9.17, 15) is 5.11 Å². The maximum Gasteiger partial charge on any atom is 0.124 e. The van der Waals surface area contributed by atoms with Gasteiger partial charge in [-0.15, -0.1) is 0 Å². The van der Waals surface area contributed by atoms with Crippen LogP contribution in [0.4, 0.5) is 0 Å². The van der Waals surface area contributed by atoms with Crippen molar-refractivity contribution in [3.63, 3.8) is 0 Å². The molecule has 2 fully saturated rings. The number of hydrogen-bond donors (Lipinski definition) is 1. The Morgan fingerprint density at radius 3 is 2.87 bits per heavy atom. The van der Waals surface area contributed by atoms with Crippen molar-refractivity contribution in [1.29, 1.82) is 0 Å². The Labute approximate surface area is 137 Å². The molecule has 4 rings (SSSR count). The topological polar surface area (TPSA) is 44.5 Å². The third-order valence-corrected chi connectivity index (χ3v) is 5.47. The first-order chi connectivity index (χ1) is 11.2. The molecular weight excluding hydrogens is 288 g/mol. The van der Waals surface area contributed by atoms with Gasteiger partial charge in [0.05, 0.1) is 23.7 Å². The average Bonchev–Trinajstić information content (AvgIpc) is 3.06. The zero-order valence-electron chi connectivity index (χ0n) is 14.0. The molecule has 0 spiro atoms. The van der Waals surface area contributed by atoms with Crippen LogP contribution in [0.2, 0.25) is 0 Å². The van der Waals surface area contributed by atoms with Crippen LogP contribution in [-0.4, -0.2) is 62.3 Å². The number of aliphatic hydroxyl groups is 1. The molecule has 1 aromatic heterocycles. The summed E-state index contributed by atoms with van der Waals surface area (Å²) in [6.07, 6.45) is 0.764. The fourth-order valence-electron chi connectivity index (χ4n) is 4.28. The van der Waals surface area contributed by atoms with Gasteiger partial charge in [-0.3, -0.25) is 9.80 Å². The Bertz CT molecular complexity index is 697. The Balaban J connectivity index is 1.58. The van der Waals surface area contributed by atoms with Crippen molar-refractivity contribution in [2.75, 3.05) is 19.6 Å². The van der Waals surface area contributed by atoms with E-state index in [0.717, 1.165) is 50.5 Å². The molecular formula is C18H26N4O. The number of hydrogen-bond acceptors (Lipinski definition) is 4. The first-order valence-electron chi connectivity index (χ1n) is 8.76. The number of fused-ring (bicyclic) bond motifs is 2. The number of rotatable bonds is 3. The van der Waals surface area contributed by atoms with Gasteiger partial charge in [-0.1, -0.05) is 12.1 Å². The van der Waals surface area contributed by atoms with Gasteiger partial charge in [0, 0.05) is 38.3 Å². The summed E-state index contributed by atoms with van der Waals surface area (Å²) >= 11 is 0. The Morgan fingerprint density at radius 1 is 1.22 bits per heavy atom. The van der Waals surface area contributed by atoms with Crippen molar-refractivity contribution in [2.45, 2.75) is 51.5 Å². The van der Waals surface area contributed by atoms with E-state index in [1.165, 1.54) is 5.52 Å². The molecule has 0 radical (unpaired) electrons. The second-order valence-corrected chi connectivity index (χ2v) is 7.04. The fraction of sp³-hybridized carbons (Fsp3) is 0.611.